The maximum absolute atomic E-state index is 12.7. The van der Waals surface area contributed by atoms with Gasteiger partial charge in [-0.15, -0.1) is 0 Å². The van der Waals surface area contributed by atoms with Gasteiger partial charge in [-0.25, -0.2) is 13.2 Å². The topological polar surface area (TPSA) is 72.5 Å². The molecule has 0 saturated carbocycles. The Kier molecular flexibility index (Phi) is 3.99. The highest BCUT2D eigenvalue weighted by molar-refractivity contribution is 7.89. The Morgan fingerprint density at radius 1 is 1.21 bits per heavy atom. The van der Waals surface area contributed by atoms with E-state index in [-0.39, 0.29) is 36.4 Å². The van der Waals surface area contributed by atoms with Gasteiger partial charge in [-0.3, -0.25) is 4.57 Å². The summed E-state index contributed by atoms with van der Waals surface area (Å²) in [6.45, 7) is -0.371. The lowest BCUT2D eigenvalue weighted by Gasteiger charge is -2.32. The van der Waals surface area contributed by atoms with Crippen molar-refractivity contribution in [3.8, 4) is 0 Å². The average Bonchev–Trinajstić information content (AvgIpc) is 2.81. The molecule has 0 N–H and O–H groups in total. The lowest BCUT2D eigenvalue weighted by atomic mass is 9.98. The van der Waals surface area contributed by atoms with E-state index in [4.69, 9.17) is 4.42 Å². The van der Waals surface area contributed by atoms with Gasteiger partial charge in [0, 0.05) is 20.1 Å². The Morgan fingerprint density at radius 2 is 1.83 bits per heavy atom. The van der Waals surface area contributed by atoms with E-state index in [1.54, 1.807) is 0 Å². The number of fused-ring (bicyclic) bond motifs is 1. The first kappa shape index (κ1) is 17.0. The fourth-order valence-electron chi connectivity index (χ4n) is 2.84. The van der Waals surface area contributed by atoms with Crippen LogP contribution in [-0.2, 0) is 17.1 Å². The average molecular weight is 364 g/mol. The predicted octanol–water partition coefficient (Wildman–Crippen LogP) is 2.09. The second-order valence-electron chi connectivity index (χ2n) is 5.78. The van der Waals surface area contributed by atoms with Crippen molar-refractivity contribution in [1.29, 1.82) is 0 Å². The highest BCUT2D eigenvalue weighted by Crippen LogP contribution is 2.35. The molecule has 1 aliphatic rings. The summed E-state index contributed by atoms with van der Waals surface area (Å²) in [5.41, 5.74) is 0.559. The zero-order valence-corrected chi connectivity index (χ0v) is 13.5. The number of benzene rings is 1. The minimum Gasteiger partial charge on any atom is -0.408 e. The molecule has 1 aliphatic heterocycles. The van der Waals surface area contributed by atoms with E-state index in [1.807, 2.05) is 0 Å². The molecule has 0 aliphatic carbocycles. The number of alkyl halides is 3. The van der Waals surface area contributed by atoms with Crippen molar-refractivity contribution in [2.75, 3.05) is 13.1 Å². The van der Waals surface area contributed by atoms with Gasteiger partial charge >= 0.3 is 11.9 Å². The molecule has 0 unspecified atom stereocenters. The normalized spacial score (nSPS) is 18.3. The van der Waals surface area contributed by atoms with Gasteiger partial charge in [-0.1, -0.05) is 0 Å². The van der Waals surface area contributed by atoms with Crippen LogP contribution in [0.15, 0.2) is 32.3 Å². The third-order valence-electron chi connectivity index (χ3n) is 4.32. The highest BCUT2D eigenvalue weighted by atomic mass is 32.2. The number of piperidine rings is 1. The second-order valence-corrected chi connectivity index (χ2v) is 7.71. The molecule has 0 amide bonds. The van der Waals surface area contributed by atoms with Gasteiger partial charge in [-0.05, 0) is 31.0 Å². The summed E-state index contributed by atoms with van der Waals surface area (Å²) in [6, 6.07) is 3.95. The summed E-state index contributed by atoms with van der Waals surface area (Å²) >= 11 is 0. The van der Waals surface area contributed by atoms with Gasteiger partial charge in [-0.2, -0.15) is 17.5 Å². The standard InChI is InChI=1S/C14H15F3N2O4S/c1-18-11-8-10(2-3-12(11)23-13(18)20)24(21,22)19-6-4-9(5-7-19)14(15,16)17/h2-3,8-9H,4-7H2,1H3. The smallest absolute Gasteiger partial charge is 0.408 e. The van der Waals surface area contributed by atoms with Gasteiger partial charge in [0.05, 0.1) is 16.3 Å². The summed E-state index contributed by atoms with van der Waals surface area (Å²) in [6.07, 6.45) is -4.81. The Labute approximate surface area is 135 Å². The van der Waals surface area contributed by atoms with Crippen molar-refractivity contribution in [3.63, 3.8) is 0 Å². The van der Waals surface area contributed by atoms with Crippen molar-refractivity contribution in [2.45, 2.75) is 23.9 Å². The molecule has 6 nitrogen and oxygen atoms in total. The number of hydrogen-bond acceptors (Lipinski definition) is 4. The molecule has 2 aromatic rings. The summed E-state index contributed by atoms with van der Waals surface area (Å²) in [7, 11) is -2.48. The van der Waals surface area contributed by atoms with Crippen LogP contribution in [0.1, 0.15) is 12.8 Å². The van der Waals surface area contributed by atoms with Crippen molar-refractivity contribution >= 4 is 21.1 Å². The van der Waals surface area contributed by atoms with E-state index >= 15 is 0 Å². The fourth-order valence-corrected chi connectivity index (χ4v) is 4.33. The number of halogens is 3. The first-order chi connectivity index (χ1) is 11.1. The SMILES string of the molecule is Cn1c(=O)oc2ccc(S(=O)(=O)N3CCC(C(F)(F)F)CC3)cc21. The molecule has 1 saturated heterocycles. The molecule has 0 bridgehead atoms. The number of rotatable bonds is 2. The van der Waals surface area contributed by atoms with Gasteiger partial charge in [0.25, 0.3) is 0 Å². The second kappa shape index (κ2) is 5.62. The summed E-state index contributed by atoms with van der Waals surface area (Å²) < 4.78 is 70.5. The molecule has 0 spiro atoms. The molecule has 3 rings (SSSR count). The van der Waals surface area contributed by atoms with Gasteiger partial charge in [0.15, 0.2) is 5.58 Å². The molecular weight excluding hydrogens is 349 g/mol. The van der Waals surface area contributed by atoms with Crippen LogP contribution in [0, 0.1) is 5.92 Å². The summed E-state index contributed by atoms with van der Waals surface area (Å²) in [4.78, 5) is 11.4. The van der Waals surface area contributed by atoms with E-state index in [0.717, 1.165) is 4.31 Å². The van der Waals surface area contributed by atoms with Crippen LogP contribution < -0.4 is 5.76 Å². The number of aromatic nitrogens is 1. The fraction of sp³-hybridized carbons (Fsp3) is 0.500. The van der Waals surface area contributed by atoms with Gasteiger partial charge in [0.1, 0.15) is 0 Å². The molecule has 132 valence electrons. The molecule has 1 aromatic carbocycles. The number of oxazole rings is 1. The number of hydrogen-bond donors (Lipinski definition) is 0. The zero-order valence-electron chi connectivity index (χ0n) is 12.7. The molecule has 0 radical (unpaired) electrons. The Morgan fingerprint density at radius 3 is 2.42 bits per heavy atom. The van der Waals surface area contributed by atoms with Crippen LogP contribution in [0.2, 0.25) is 0 Å². The van der Waals surface area contributed by atoms with Crippen molar-refractivity contribution in [3.05, 3.63) is 28.7 Å². The molecule has 0 atom stereocenters. The van der Waals surface area contributed by atoms with Crippen LogP contribution in [0.25, 0.3) is 11.1 Å². The first-order valence-corrected chi connectivity index (χ1v) is 8.71. The largest absolute Gasteiger partial charge is 0.419 e. The predicted molar refractivity (Wildman–Crippen MR) is 79.0 cm³/mol. The van der Waals surface area contributed by atoms with E-state index in [1.165, 1.54) is 29.8 Å². The van der Waals surface area contributed by atoms with E-state index in [0.29, 0.717) is 5.52 Å². The quantitative estimate of drug-likeness (QED) is 0.818. The Hall–Kier alpha value is -1.81. The van der Waals surface area contributed by atoms with Crippen molar-refractivity contribution < 1.29 is 26.0 Å². The third-order valence-corrected chi connectivity index (χ3v) is 6.21. The zero-order chi connectivity index (χ0) is 17.7. The molecular formula is C14H15F3N2O4S. The monoisotopic (exact) mass is 364 g/mol. The van der Waals surface area contributed by atoms with Crippen LogP contribution in [-0.4, -0.2) is 36.6 Å². The van der Waals surface area contributed by atoms with E-state index < -0.39 is 27.9 Å². The minimum absolute atomic E-state index is 0.0724. The minimum atomic E-state index is -4.30. The van der Waals surface area contributed by atoms with Crippen LogP contribution in [0.4, 0.5) is 13.2 Å². The van der Waals surface area contributed by atoms with Crippen LogP contribution in [0.3, 0.4) is 0 Å². The van der Waals surface area contributed by atoms with Crippen LogP contribution in [0.5, 0.6) is 0 Å². The number of sulfonamides is 1. The third kappa shape index (κ3) is 2.84. The number of nitrogens with zero attached hydrogens (tertiary/aromatic N) is 2. The Bertz CT molecular complexity index is 922. The summed E-state index contributed by atoms with van der Waals surface area (Å²) in [5, 5.41) is 0. The lowest BCUT2D eigenvalue weighted by molar-refractivity contribution is -0.182. The maximum atomic E-state index is 12.7. The molecule has 10 heteroatoms. The summed E-state index contributed by atoms with van der Waals surface area (Å²) in [5.74, 6) is -2.09. The highest BCUT2D eigenvalue weighted by Gasteiger charge is 2.43. The maximum Gasteiger partial charge on any atom is 0.419 e. The molecule has 2 heterocycles. The molecule has 1 aromatic heterocycles. The lowest BCUT2D eigenvalue weighted by Crippen LogP contribution is -2.42. The van der Waals surface area contributed by atoms with Gasteiger partial charge < -0.3 is 4.42 Å². The first-order valence-electron chi connectivity index (χ1n) is 7.27. The van der Waals surface area contributed by atoms with Crippen molar-refractivity contribution in [2.24, 2.45) is 13.0 Å². The van der Waals surface area contributed by atoms with E-state index in [9.17, 15) is 26.4 Å². The molecule has 24 heavy (non-hydrogen) atoms. The van der Waals surface area contributed by atoms with Gasteiger partial charge in [0.2, 0.25) is 10.0 Å². The Balaban J connectivity index is 1.89. The number of aryl methyl sites for hydroxylation is 1. The molecule has 1 fully saturated rings. The van der Waals surface area contributed by atoms with Crippen LogP contribution >= 0.6 is 0 Å². The van der Waals surface area contributed by atoms with Crippen molar-refractivity contribution in [1.82, 2.24) is 8.87 Å². The van der Waals surface area contributed by atoms with E-state index in [2.05, 4.69) is 0 Å².